The summed E-state index contributed by atoms with van der Waals surface area (Å²) in [6.07, 6.45) is -0.292. The second kappa shape index (κ2) is 9.25. The van der Waals surface area contributed by atoms with E-state index in [1.807, 2.05) is 31.2 Å². The van der Waals surface area contributed by atoms with Crippen molar-refractivity contribution < 1.29 is 22.9 Å². The molecule has 1 amide bonds. The first-order valence-corrected chi connectivity index (χ1v) is 11.9. The van der Waals surface area contributed by atoms with Crippen LogP contribution < -0.4 is 9.64 Å². The number of fused-ring (bicyclic) bond motifs is 1. The molecule has 0 saturated carbocycles. The Bertz CT molecular complexity index is 1130. The van der Waals surface area contributed by atoms with E-state index in [2.05, 4.69) is 0 Å². The SMILES string of the molecule is CCN(CC)S(=O)(=O)c1ccc(OC(C)C(=O)N2c3ccccc3CC2C)c([N+](=O)[O-])c1. The molecule has 32 heavy (non-hydrogen) atoms. The van der Waals surface area contributed by atoms with Gasteiger partial charge >= 0.3 is 5.69 Å². The molecule has 0 spiro atoms. The third kappa shape index (κ3) is 4.33. The van der Waals surface area contributed by atoms with E-state index in [0.29, 0.717) is 6.42 Å². The maximum atomic E-state index is 13.1. The smallest absolute Gasteiger partial charge is 0.312 e. The number of sulfonamides is 1. The summed E-state index contributed by atoms with van der Waals surface area (Å²) >= 11 is 0. The molecule has 1 aliphatic heterocycles. The highest BCUT2D eigenvalue weighted by molar-refractivity contribution is 7.89. The minimum atomic E-state index is -3.87. The average Bonchev–Trinajstić information content (AvgIpc) is 3.09. The van der Waals surface area contributed by atoms with Crippen molar-refractivity contribution >= 4 is 27.3 Å². The summed E-state index contributed by atoms with van der Waals surface area (Å²) in [5, 5.41) is 11.7. The predicted molar refractivity (Wildman–Crippen MR) is 120 cm³/mol. The Kier molecular flexibility index (Phi) is 6.85. The second-order valence-electron chi connectivity index (χ2n) is 7.63. The maximum Gasteiger partial charge on any atom is 0.312 e. The van der Waals surface area contributed by atoms with Crippen LogP contribution in [0.4, 0.5) is 11.4 Å². The zero-order chi connectivity index (χ0) is 23.6. The Morgan fingerprint density at radius 2 is 1.91 bits per heavy atom. The first-order chi connectivity index (χ1) is 15.1. The van der Waals surface area contributed by atoms with Crippen LogP contribution in [0.15, 0.2) is 47.4 Å². The van der Waals surface area contributed by atoms with Crippen LogP contribution in [0.25, 0.3) is 0 Å². The van der Waals surface area contributed by atoms with E-state index in [9.17, 15) is 23.3 Å². The zero-order valence-corrected chi connectivity index (χ0v) is 19.3. The Morgan fingerprint density at radius 1 is 1.25 bits per heavy atom. The molecule has 0 aromatic heterocycles. The van der Waals surface area contributed by atoms with E-state index in [4.69, 9.17) is 4.74 Å². The molecule has 2 aromatic carbocycles. The van der Waals surface area contributed by atoms with E-state index in [-0.39, 0.29) is 35.7 Å². The number of amides is 1. The van der Waals surface area contributed by atoms with E-state index in [1.165, 1.54) is 23.4 Å². The first-order valence-electron chi connectivity index (χ1n) is 10.5. The highest BCUT2D eigenvalue weighted by Gasteiger charge is 2.35. The monoisotopic (exact) mass is 461 g/mol. The number of para-hydroxylation sites is 1. The summed E-state index contributed by atoms with van der Waals surface area (Å²) in [6.45, 7) is 7.33. The molecular formula is C22H27N3O6S. The number of nitro groups is 1. The molecule has 2 atom stereocenters. The van der Waals surface area contributed by atoms with Gasteiger partial charge in [0.1, 0.15) is 0 Å². The van der Waals surface area contributed by atoms with Gasteiger partial charge in [-0.1, -0.05) is 32.0 Å². The fraction of sp³-hybridized carbons (Fsp3) is 0.409. The van der Waals surface area contributed by atoms with Crippen LogP contribution in [-0.4, -0.2) is 48.8 Å². The van der Waals surface area contributed by atoms with Gasteiger partial charge in [-0.15, -0.1) is 0 Å². The molecule has 10 heteroatoms. The third-order valence-corrected chi connectivity index (χ3v) is 7.61. The molecule has 0 radical (unpaired) electrons. The summed E-state index contributed by atoms with van der Waals surface area (Å²) in [6, 6.07) is 11.0. The highest BCUT2D eigenvalue weighted by atomic mass is 32.2. The summed E-state index contributed by atoms with van der Waals surface area (Å²) in [4.78, 5) is 25.5. The zero-order valence-electron chi connectivity index (χ0n) is 18.5. The molecule has 1 aliphatic rings. The number of nitrogens with zero attached hydrogens (tertiary/aromatic N) is 3. The Morgan fingerprint density at radius 3 is 2.53 bits per heavy atom. The lowest BCUT2D eigenvalue weighted by molar-refractivity contribution is -0.386. The lowest BCUT2D eigenvalue weighted by atomic mass is 10.1. The largest absolute Gasteiger partial charge is 0.474 e. The van der Waals surface area contributed by atoms with Gasteiger partial charge < -0.3 is 9.64 Å². The van der Waals surface area contributed by atoms with Crippen LogP contribution in [0.1, 0.15) is 33.3 Å². The van der Waals surface area contributed by atoms with Crippen LogP contribution in [0, 0.1) is 10.1 Å². The molecule has 2 unspecified atom stereocenters. The van der Waals surface area contributed by atoms with E-state index in [0.717, 1.165) is 17.3 Å². The van der Waals surface area contributed by atoms with Crippen molar-refractivity contribution in [3.05, 3.63) is 58.1 Å². The number of carbonyl (C=O) groups excluding carboxylic acids is 1. The average molecular weight is 462 g/mol. The highest BCUT2D eigenvalue weighted by Crippen LogP contribution is 2.35. The molecule has 0 N–H and O–H groups in total. The Balaban J connectivity index is 1.89. The van der Waals surface area contributed by atoms with Crippen LogP contribution in [0.5, 0.6) is 5.75 Å². The fourth-order valence-electron chi connectivity index (χ4n) is 3.95. The van der Waals surface area contributed by atoms with Crippen molar-refractivity contribution in [1.29, 1.82) is 0 Å². The van der Waals surface area contributed by atoms with Gasteiger partial charge in [0.15, 0.2) is 11.9 Å². The third-order valence-electron chi connectivity index (χ3n) is 5.57. The molecule has 9 nitrogen and oxygen atoms in total. The van der Waals surface area contributed by atoms with Gasteiger partial charge in [0.2, 0.25) is 10.0 Å². The summed E-state index contributed by atoms with van der Waals surface area (Å²) in [5.41, 5.74) is 1.35. The van der Waals surface area contributed by atoms with Crippen molar-refractivity contribution in [3.63, 3.8) is 0 Å². The van der Waals surface area contributed by atoms with Crippen molar-refractivity contribution in [3.8, 4) is 5.75 Å². The Hall–Kier alpha value is -2.98. The van der Waals surface area contributed by atoms with E-state index in [1.54, 1.807) is 18.7 Å². The number of hydrogen-bond donors (Lipinski definition) is 0. The van der Waals surface area contributed by atoms with Gasteiger partial charge in [-0.05, 0) is 44.0 Å². The molecule has 2 aromatic rings. The Labute approximate surface area is 187 Å². The number of hydrogen-bond acceptors (Lipinski definition) is 6. The van der Waals surface area contributed by atoms with Gasteiger partial charge in [-0.2, -0.15) is 4.31 Å². The number of benzene rings is 2. The van der Waals surface area contributed by atoms with Gasteiger partial charge in [0.05, 0.1) is 9.82 Å². The molecule has 1 heterocycles. The lowest BCUT2D eigenvalue weighted by Crippen LogP contribution is -2.43. The standard InChI is InChI=1S/C22H27N3O6S/c1-5-23(6-2)32(29,30)18-11-12-21(20(14-18)25(27)28)31-16(4)22(26)24-15(3)13-17-9-7-8-10-19(17)24/h7-12,14-16H,5-6,13H2,1-4H3. The normalized spacial score (nSPS) is 16.7. The molecule has 3 rings (SSSR count). The van der Waals surface area contributed by atoms with Crippen molar-refractivity contribution in [1.82, 2.24) is 4.31 Å². The molecule has 0 fully saturated rings. The summed E-state index contributed by atoms with van der Waals surface area (Å²) in [7, 11) is -3.87. The lowest BCUT2D eigenvalue weighted by Gasteiger charge is -2.26. The molecule has 0 bridgehead atoms. The maximum absolute atomic E-state index is 13.1. The summed E-state index contributed by atoms with van der Waals surface area (Å²) < 4.78 is 32.4. The van der Waals surface area contributed by atoms with Crippen LogP contribution in [0.3, 0.4) is 0 Å². The van der Waals surface area contributed by atoms with Crippen LogP contribution >= 0.6 is 0 Å². The number of carbonyl (C=O) groups is 1. The number of anilines is 1. The van der Waals surface area contributed by atoms with Crippen LogP contribution in [0.2, 0.25) is 0 Å². The molecule has 0 aliphatic carbocycles. The fourth-order valence-corrected chi connectivity index (χ4v) is 5.43. The summed E-state index contributed by atoms with van der Waals surface area (Å²) in [5.74, 6) is -0.480. The van der Waals surface area contributed by atoms with Gasteiger partial charge in [-0.25, -0.2) is 8.42 Å². The minimum absolute atomic E-state index is 0.0671. The number of nitro benzene ring substituents is 1. The van der Waals surface area contributed by atoms with E-state index >= 15 is 0 Å². The number of ether oxygens (including phenoxy) is 1. The van der Waals surface area contributed by atoms with Crippen molar-refractivity contribution in [2.75, 3.05) is 18.0 Å². The quantitative estimate of drug-likeness (QED) is 0.440. The topological polar surface area (TPSA) is 110 Å². The van der Waals surface area contributed by atoms with Gasteiger partial charge in [0.25, 0.3) is 5.91 Å². The van der Waals surface area contributed by atoms with Gasteiger partial charge in [-0.3, -0.25) is 14.9 Å². The minimum Gasteiger partial charge on any atom is -0.474 e. The van der Waals surface area contributed by atoms with Crippen LogP contribution in [-0.2, 0) is 21.2 Å². The molecule has 0 saturated heterocycles. The van der Waals surface area contributed by atoms with E-state index < -0.39 is 26.7 Å². The molecular weight excluding hydrogens is 434 g/mol. The van der Waals surface area contributed by atoms with Crippen molar-refractivity contribution in [2.24, 2.45) is 0 Å². The van der Waals surface area contributed by atoms with Crippen molar-refractivity contribution in [2.45, 2.75) is 51.2 Å². The predicted octanol–water partition coefficient (Wildman–Crippen LogP) is 3.37. The number of rotatable bonds is 8. The van der Waals surface area contributed by atoms with Gasteiger partial charge in [0, 0.05) is 30.9 Å². The first kappa shape index (κ1) is 23.7. The molecule has 172 valence electrons. The second-order valence-corrected chi connectivity index (χ2v) is 9.56.